The number of hydrogen-bond acceptors (Lipinski definition) is 4. The third kappa shape index (κ3) is 2.94. The van der Waals surface area contributed by atoms with Crippen molar-refractivity contribution in [3.8, 4) is 0 Å². The number of aryl methyl sites for hydroxylation is 2. The molecule has 1 aliphatic heterocycles. The molecule has 1 fully saturated rings. The lowest BCUT2D eigenvalue weighted by atomic mass is 10.3. The molecule has 1 aromatic heterocycles. The number of sulfonamides is 1. The van der Waals surface area contributed by atoms with Gasteiger partial charge in [0, 0.05) is 31.7 Å². The Kier molecular flexibility index (Phi) is 4.50. The first kappa shape index (κ1) is 14.8. The molecule has 6 nitrogen and oxygen atoms in total. The number of ether oxygens (including phenoxy) is 1. The molecule has 1 atom stereocenters. The zero-order valence-electron chi connectivity index (χ0n) is 11.0. The van der Waals surface area contributed by atoms with E-state index in [0.29, 0.717) is 25.5 Å². The normalized spacial score (nSPS) is 21.7. The van der Waals surface area contributed by atoms with Crippen molar-refractivity contribution < 1.29 is 13.2 Å². The molecule has 0 aliphatic carbocycles. The fourth-order valence-electron chi connectivity index (χ4n) is 2.06. The number of aromatic nitrogens is 2. The Morgan fingerprint density at radius 1 is 1.58 bits per heavy atom. The van der Waals surface area contributed by atoms with Gasteiger partial charge in [0.25, 0.3) is 10.0 Å². The summed E-state index contributed by atoms with van der Waals surface area (Å²) in [6.45, 7) is 5.43. The number of alkyl halides is 1. The Labute approximate surface area is 118 Å². The highest BCUT2D eigenvalue weighted by Crippen LogP contribution is 2.18. The van der Waals surface area contributed by atoms with Crippen molar-refractivity contribution >= 4 is 21.6 Å². The maximum atomic E-state index is 12.5. The van der Waals surface area contributed by atoms with E-state index in [1.807, 2.05) is 11.5 Å². The first-order valence-corrected chi connectivity index (χ1v) is 8.18. The number of rotatable bonds is 4. The van der Waals surface area contributed by atoms with Crippen LogP contribution < -0.4 is 0 Å². The molecule has 0 aromatic carbocycles. The summed E-state index contributed by atoms with van der Waals surface area (Å²) in [6.07, 6.45) is 1.33. The van der Waals surface area contributed by atoms with E-state index in [-0.39, 0.29) is 23.6 Å². The summed E-state index contributed by atoms with van der Waals surface area (Å²) in [5, 5.41) is 0.0991. The minimum Gasteiger partial charge on any atom is -0.374 e. The van der Waals surface area contributed by atoms with Gasteiger partial charge in [0.05, 0.1) is 12.7 Å². The summed E-state index contributed by atoms with van der Waals surface area (Å²) in [5.41, 5.74) is 0. The van der Waals surface area contributed by atoms with Crippen LogP contribution in [0, 0.1) is 6.92 Å². The smallest absolute Gasteiger partial charge is 0.262 e. The third-order valence-corrected chi connectivity index (χ3v) is 5.25. The summed E-state index contributed by atoms with van der Waals surface area (Å²) in [4.78, 5) is 4.14. The lowest BCUT2D eigenvalue weighted by Gasteiger charge is -2.30. The Bertz CT molecular complexity index is 543. The largest absolute Gasteiger partial charge is 0.374 e. The molecule has 108 valence electrons. The first-order chi connectivity index (χ1) is 8.98. The monoisotopic (exact) mass is 307 g/mol. The highest BCUT2D eigenvalue weighted by atomic mass is 35.5. The number of halogens is 1. The SMILES string of the molecule is CCn1cc(S(=O)(=O)N2CCOC(CCl)C2)nc1C. The zero-order valence-corrected chi connectivity index (χ0v) is 12.6. The molecule has 1 unspecified atom stereocenters. The molecule has 2 rings (SSSR count). The third-order valence-electron chi connectivity index (χ3n) is 3.17. The summed E-state index contributed by atoms with van der Waals surface area (Å²) >= 11 is 5.73. The molecule has 8 heteroatoms. The zero-order chi connectivity index (χ0) is 14.0. The van der Waals surface area contributed by atoms with Gasteiger partial charge in [-0.05, 0) is 13.8 Å². The molecule has 1 saturated heterocycles. The molecule has 0 bridgehead atoms. The molecule has 0 radical (unpaired) electrons. The molecule has 2 heterocycles. The van der Waals surface area contributed by atoms with Gasteiger partial charge in [0.2, 0.25) is 0 Å². The van der Waals surface area contributed by atoms with Crippen molar-refractivity contribution in [2.24, 2.45) is 0 Å². The Morgan fingerprint density at radius 2 is 2.32 bits per heavy atom. The Hall–Kier alpha value is -0.630. The van der Waals surface area contributed by atoms with Crippen LogP contribution in [0.3, 0.4) is 0 Å². The molecule has 1 aliphatic rings. The van der Waals surface area contributed by atoms with Gasteiger partial charge >= 0.3 is 0 Å². The number of nitrogens with zero attached hydrogens (tertiary/aromatic N) is 3. The van der Waals surface area contributed by atoms with Gasteiger partial charge < -0.3 is 9.30 Å². The van der Waals surface area contributed by atoms with Crippen molar-refractivity contribution in [1.82, 2.24) is 13.9 Å². The van der Waals surface area contributed by atoms with E-state index in [2.05, 4.69) is 4.98 Å². The van der Waals surface area contributed by atoms with Crippen molar-refractivity contribution in [2.75, 3.05) is 25.6 Å². The summed E-state index contributed by atoms with van der Waals surface area (Å²) in [5.74, 6) is 0.984. The molecule has 19 heavy (non-hydrogen) atoms. The fraction of sp³-hybridized carbons (Fsp3) is 0.727. The maximum absolute atomic E-state index is 12.5. The van der Waals surface area contributed by atoms with Gasteiger partial charge in [0.1, 0.15) is 5.82 Å². The highest BCUT2D eigenvalue weighted by molar-refractivity contribution is 7.89. The first-order valence-electron chi connectivity index (χ1n) is 6.20. The van der Waals surface area contributed by atoms with Crippen LogP contribution >= 0.6 is 11.6 Å². The Balaban J connectivity index is 2.25. The number of morpholine rings is 1. The van der Waals surface area contributed by atoms with Crippen molar-refractivity contribution in [3.05, 3.63) is 12.0 Å². The highest BCUT2D eigenvalue weighted by Gasteiger charge is 2.32. The molecular weight excluding hydrogens is 290 g/mol. The summed E-state index contributed by atoms with van der Waals surface area (Å²) < 4.78 is 33.5. The van der Waals surface area contributed by atoms with Crippen LogP contribution in [0.2, 0.25) is 0 Å². The number of hydrogen-bond donors (Lipinski definition) is 0. The van der Waals surface area contributed by atoms with Crippen LogP contribution in [0.4, 0.5) is 0 Å². The van der Waals surface area contributed by atoms with E-state index in [9.17, 15) is 8.42 Å². The second kappa shape index (κ2) is 5.78. The molecular formula is C11H18ClN3O3S. The van der Waals surface area contributed by atoms with E-state index < -0.39 is 10.0 Å². The molecule has 1 aromatic rings. The van der Waals surface area contributed by atoms with Crippen molar-refractivity contribution in [2.45, 2.75) is 31.5 Å². The van der Waals surface area contributed by atoms with Gasteiger partial charge in [0.15, 0.2) is 5.03 Å². The van der Waals surface area contributed by atoms with Crippen LogP contribution in [-0.4, -0.2) is 54.0 Å². The minimum atomic E-state index is -3.55. The lowest BCUT2D eigenvalue weighted by Crippen LogP contribution is -2.46. The lowest BCUT2D eigenvalue weighted by molar-refractivity contribution is 0.0121. The van der Waals surface area contributed by atoms with Gasteiger partial charge in [-0.25, -0.2) is 13.4 Å². The second-order valence-electron chi connectivity index (χ2n) is 4.42. The molecule has 0 N–H and O–H groups in total. The predicted molar refractivity (Wildman–Crippen MR) is 71.9 cm³/mol. The molecule has 0 amide bonds. The molecule has 0 spiro atoms. The quantitative estimate of drug-likeness (QED) is 0.773. The van der Waals surface area contributed by atoms with Crippen LogP contribution in [0.5, 0.6) is 0 Å². The second-order valence-corrected chi connectivity index (χ2v) is 6.62. The summed E-state index contributed by atoms with van der Waals surface area (Å²) in [7, 11) is -3.55. The van der Waals surface area contributed by atoms with Crippen LogP contribution in [0.25, 0.3) is 0 Å². The van der Waals surface area contributed by atoms with E-state index in [0.717, 1.165) is 0 Å². The minimum absolute atomic E-state index is 0.0991. The van der Waals surface area contributed by atoms with E-state index in [1.54, 1.807) is 13.1 Å². The van der Waals surface area contributed by atoms with Crippen molar-refractivity contribution in [1.29, 1.82) is 0 Å². The van der Waals surface area contributed by atoms with Crippen LogP contribution in [-0.2, 0) is 21.3 Å². The van der Waals surface area contributed by atoms with Crippen molar-refractivity contribution in [3.63, 3.8) is 0 Å². The van der Waals surface area contributed by atoms with E-state index in [1.165, 1.54) is 4.31 Å². The summed E-state index contributed by atoms with van der Waals surface area (Å²) in [6, 6.07) is 0. The predicted octanol–water partition coefficient (Wildman–Crippen LogP) is 0.840. The van der Waals surface area contributed by atoms with Gasteiger partial charge in [-0.15, -0.1) is 11.6 Å². The topological polar surface area (TPSA) is 64.4 Å². The fourth-order valence-corrected chi connectivity index (χ4v) is 3.70. The standard InChI is InChI=1S/C11H18ClN3O3S/c1-3-14-8-11(13-9(14)2)19(16,17)15-4-5-18-10(6-12)7-15/h8,10H,3-7H2,1-2H3. The van der Waals surface area contributed by atoms with Crippen LogP contribution in [0.15, 0.2) is 11.2 Å². The maximum Gasteiger partial charge on any atom is 0.262 e. The molecule has 0 saturated carbocycles. The number of imidazole rings is 1. The van der Waals surface area contributed by atoms with E-state index in [4.69, 9.17) is 16.3 Å². The van der Waals surface area contributed by atoms with Gasteiger partial charge in [-0.3, -0.25) is 0 Å². The van der Waals surface area contributed by atoms with Gasteiger partial charge in [-0.2, -0.15) is 4.31 Å². The van der Waals surface area contributed by atoms with Gasteiger partial charge in [-0.1, -0.05) is 0 Å². The average molecular weight is 308 g/mol. The Morgan fingerprint density at radius 3 is 2.89 bits per heavy atom. The van der Waals surface area contributed by atoms with E-state index >= 15 is 0 Å². The average Bonchev–Trinajstić information content (AvgIpc) is 2.80. The van der Waals surface area contributed by atoms with Crippen LogP contribution in [0.1, 0.15) is 12.7 Å².